The van der Waals surface area contributed by atoms with Crippen LogP contribution in [-0.2, 0) is 0 Å². The van der Waals surface area contributed by atoms with Gasteiger partial charge in [-0.25, -0.2) is 8.78 Å². The highest BCUT2D eigenvalue weighted by molar-refractivity contribution is 6.42. The minimum atomic E-state index is -1.09. The van der Waals surface area contributed by atoms with Gasteiger partial charge in [0.1, 0.15) is 10.8 Å². The maximum absolute atomic E-state index is 13.0. The van der Waals surface area contributed by atoms with Crippen LogP contribution in [0.5, 0.6) is 5.75 Å². The average Bonchev–Trinajstić information content (AvgIpc) is 2.43. The highest BCUT2D eigenvalue weighted by atomic mass is 35.5. The van der Waals surface area contributed by atoms with Crippen LogP contribution < -0.4 is 4.74 Å². The highest BCUT2D eigenvalue weighted by Crippen LogP contribution is 2.31. The zero-order chi connectivity index (χ0) is 14.7. The van der Waals surface area contributed by atoms with E-state index in [1.807, 2.05) is 0 Å². The Morgan fingerprint density at radius 3 is 2.55 bits per heavy atom. The molecule has 0 saturated carbocycles. The van der Waals surface area contributed by atoms with Crippen molar-refractivity contribution in [2.24, 2.45) is 0 Å². The Morgan fingerprint density at radius 2 is 1.85 bits per heavy atom. The zero-order valence-electron chi connectivity index (χ0n) is 10.00. The van der Waals surface area contributed by atoms with E-state index in [0.29, 0.717) is 5.02 Å². The Kier molecular flexibility index (Phi) is 4.57. The van der Waals surface area contributed by atoms with E-state index < -0.39 is 17.4 Å². The molecule has 0 spiro atoms. The van der Waals surface area contributed by atoms with Gasteiger partial charge in [0.05, 0.1) is 5.02 Å². The summed E-state index contributed by atoms with van der Waals surface area (Å²) in [7, 11) is 0. The van der Waals surface area contributed by atoms with Crippen LogP contribution in [0, 0.1) is 11.6 Å². The Labute approximate surface area is 123 Å². The smallest absolute Gasteiger partial charge is 0.200 e. The standard InChI is InChI=1S/C14H8Cl2F2O2/c15-9-2-1-3-13(14(9)16)20-7-12(19)8-4-5-10(17)11(18)6-8/h1-6H,7H2. The zero-order valence-corrected chi connectivity index (χ0v) is 11.5. The van der Waals surface area contributed by atoms with Gasteiger partial charge in [-0.1, -0.05) is 29.3 Å². The van der Waals surface area contributed by atoms with E-state index in [-0.39, 0.29) is 22.9 Å². The number of halogens is 4. The number of Topliss-reactive ketones (excluding diaryl/α,β-unsaturated/α-hetero) is 1. The Balaban J connectivity index is 2.08. The Hall–Kier alpha value is -1.65. The summed E-state index contributed by atoms with van der Waals surface area (Å²) in [6.07, 6.45) is 0. The quantitative estimate of drug-likeness (QED) is 0.774. The van der Waals surface area contributed by atoms with Gasteiger partial charge in [-0.2, -0.15) is 0 Å². The van der Waals surface area contributed by atoms with Crippen molar-refractivity contribution in [1.29, 1.82) is 0 Å². The predicted molar refractivity (Wildman–Crippen MR) is 72.6 cm³/mol. The molecule has 6 heteroatoms. The van der Waals surface area contributed by atoms with Gasteiger partial charge in [-0.15, -0.1) is 0 Å². The fourth-order valence-electron chi connectivity index (χ4n) is 1.49. The Morgan fingerprint density at radius 1 is 1.10 bits per heavy atom. The summed E-state index contributed by atoms with van der Waals surface area (Å²) < 4.78 is 31.0. The molecule has 0 radical (unpaired) electrons. The number of carbonyl (C=O) groups is 1. The monoisotopic (exact) mass is 316 g/mol. The SMILES string of the molecule is O=C(COc1cccc(Cl)c1Cl)c1ccc(F)c(F)c1. The van der Waals surface area contributed by atoms with Crippen molar-refractivity contribution < 1.29 is 18.3 Å². The van der Waals surface area contributed by atoms with Gasteiger partial charge < -0.3 is 4.74 Å². The average molecular weight is 317 g/mol. The molecule has 2 nitrogen and oxygen atoms in total. The second kappa shape index (κ2) is 6.20. The molecular weight excluding hydrogens is 309 g/mol. The van der Waals surface area contributed by atoms with Crippen molar-refractivity contribution in [3.05, 3.63) is 63.6 Å². The maximum Gasteiger partial charge on any atom is 0.200 e. The van der Waals surface area contributed by atoms with Gasteiger partial charge in [0.15, 0.2) is 24.0 Å². The molecule has 0 saturated heterocycles. The lowest BCUT2D eigenvalue weighted by atomic mass is 10.1. The summed E-state index contributed by atoms with van der Waals surface area (Å²) in [6.45, 7) is -0.356. The van der Waals surface area contributed by atoms with Crippen molar-refractivity contribution in [3.8, 4) is 5.75 Å². The van der Waals surface area contributed by atoms with Gasteiger partial charge >= 0.3 is 0 Å². The number of ketones is 1. The molecule has 0 amide bonds. The first kappa shape index (κ1) is 14.8. The molecule has 2 aromatic carbocycles. The predicted octanol–water partition coefficient (Wildman–Crippen LogP) is 4.53. The van der Waals surface area contributed by atoms with E-state index in [4.69, 9.17) is 27.9 Å². The second-order valence-corrected chi connectivity index (χ2v) is 4.68. The van der Waals surface area contributed by atoms with Gasteiger partial charge in [0, 0.05) is 5.56 Å². The molecule has 2 aromatic rings. The molecule has 0 atom stereocenters. The summed E-state index contributed by atoms with van der Waals surface area (Å²) in [4.78, 5) is 11.8. The van der Waals surface area contributed by atoms with Gasteiger partial charge in [-0.05, 0) is 30.3 Å². The molecule has 2 rings (SSSR count). The van der Waals surface area contributed by atoms with E-state index in [1.165, 1.54) is 6.07 Å². The summed E-state index contributed by atoms with van der Waals surface area (Å²) >= 11 is 11.7. The highest BCUT2D eigenvalue weighted by Gasteiger charge is 2.12. The first-order valence-corrected chi connectivity index (χ1v) is 6.29. The molecule has 0 unspecified atom stereocenters. The third kappa shape index (κ3) is 3.26. The number of rotatable bonds is 4. The van der Waals surface area contributed by atoms with Crippen LogP contribution in [0.1, 0.15) is 10.4 Å². The van der Waals surface area contributed by atoms with Crippen LogP contribution >= 0.6 is 23.2 Å². The fraction of sp³-hybridized carbons (Fsp3) is 0.0714. The summed E-state index contributed by atoms with van der Waals surface area (Å²) in [5.74, 6) is -2.35. The molecule has 0 aliphatic rings. The van der Waals surface area contributed by atoms with Crippen LogP contribution in [0.4, 0.5) is 8.78 Å². The van der Waals surface area contributed by atoms with Crippen LogP contribution in [0.25, 0.3) is 0 Å². The first-order valence-electron chi connectivity index (χ1n) is 5.54. The maximum atomic E-state index is 13.0. The lowest BCUT2D eigenvalue weighted by molar-refractivity contribution is 0.0921. The normalized spacial score (nSPS) is 10.4. The van der Waals surface area contributed by atoms with Crippen molar-refractivity contribution in [3.63, 3.8) is 0 Å². The van der Waals surface area contributed by atoms with Crippen LogP contribution in [0.15, 0.2) is 36.4 Å². The summed E-state index contributed by atoms with van der Waals surface area (Å²) in [5, 5.41) is 0.483. The van der Waals surface area contributed by atoms with Gasteiger partial charge in [0.2, 0.25) is 0 Å². The number of carbonyl (C=O) groups excluding carboxylic acids is 1. The van der Waals surface area contributed by atoms with E-state index in [9.17, 15) is 13.6 Å². The Bertz CT molecular complexity index is 660. The van der Waals surface area contributed by atoms with E-state index in [2.05, 4.69) is 0 Å². The summed E-state index contributed by atoms with van der Waals surface area (Å²) in [6, 6.07) is 7.63. The van der Waals surface area contributed by atoms with Crippen LogP contribution in [-0.4, -0.2) is 12.4 Å². The summed E-state index contributed by atoms with van der Waals surface area (Å²) in [5.41, 5.74) is 0.0158. The molecule has 0 aliphatic carbocycles. The topological polar surface area (TPSA) is 26.3 Å². The van der Waals surface area contributed by atoms with Crippen molar-refractivity contribution >= 4 is 29.0 Å². The lowest BCUT2D eigenvalue weighted by Gasteiger charge is -2.08. The molecule has 0 aliphatic heterocycles. The molecule has 0 N–H and O–H groups in total. The van der Waals surface area contributed by atoms with E-state index in [1.54, 1.807) is 18.2 Å². The first-order chi connectivity index (χ1) is 9.49. The molecule has 20 heavy (non-hydrogen) atoms. The van der Waals surface area contributed by atoms with Gasteiger partial charge in [-0.3, -0.25) is 4.79 Å². The van der Waals surface area contributed by atoms with Crippen molar-refractivity contribution in [2.75, 3.05) is 6.61 Å². The molecule has 0 heterocycles. The third-order valence-corrected chi connectivity index (χ3v) is 3.32. The van der Waals surface area contributed by atoms with Gasteiger partial charge in [0.25, 0.3) is 0 Å². The third-order valence-electron chi connectivity index (χ3n) is 2.52. The molecule has 104 valence electrons. The molecule has 0 fully saturated rings. The number of hydrogen-bond acceptors (Lipinski definition) is 2. The van der Waals surface area contributed by atoms with Crippen LogP contribution in [0.2, 0.25) is 10.0 Å². The molecular formula is C14H8Cl2F2O2. The lowest BCUT2D eigenvalue weighted by Crippen LogP contribution is -2.12. The second-order valence-electron chi connectivity index (χ2n) is 3.89. The molecule has 0 aromatic heterocycles. The van der Waals surface area contributed by atoms with Crippen molar-refractivity contribution in [2.45, 2.75) is 0 Å². The number of benzene rings is 2. The largest absolute Gasteiger partial charge is 0.484 e. The number of hydrogen-bond donors (Lipinski definition) is 0. The number of ether oxygens (including phenoxy) is 1. The minimum Gasteiger partial charge on any atom is -0.484 e. The molecule has 0 bridgehead atoms. The fourth-order valence-corrected chi connectivity index (χ4v) is 1.84. The van der Waals surface area contributed by atoms with E-state index >= 15 is 0 Å². The van der Waals surface area contributed by atoms with Crippen molar-refractivity contribution in [1.82, 2.24) is 0 Å². The van der Waals surface area contributed by atoms with E-state index in [0.717, 1.165) is 12.1 Å². The van der Waals surface area contributed by atoms with Crippen LogP contribution in [0.3, 0.4) is 0 Å². The minimum absolute atomic E-state index is 0.0158.